The second kappa shape index (κ2) is 6.42. The summed E-state index contributed by atoms with van der Waals surface area (Å²) in [5.74, 6) is -0.810. The maximum atomic E-state index is 11.9. The first-order valence-electron chi connectivity index (χ1n) is 6.06. The molecule has 0 radical (unpaired) electrons. The molecule has 1 aliphatic heterocycles. The number of imide groups is 1. The molecule has 6 heteroatoms. The van der Waals surface area contributed by atoms with Gasteiger partial charge in [-0.3, -0.25) is 14.4 Å². The fourth-order valence-electron chi connectivity index (χ4n) is 1.79. The Morgan fingerprint density at radius 2 is 1.63 bits per heavy atom. The normalized spacial score (nSPS) is 14.1. The second-order valence-electron chi connectivity index (χ2n) is 4.03. The van der Waals surface area contributed by atoms with Crippen LogP contribution in [0.25, 0.3) is 0 Å². The van der Waals surface area contributed by atoms with Crippen LogP contribution in [0.2, 0.25) is 0 Å². The third kappa shape index (κ3) is 2.98. The van der Waals surface area contributed by atoms with Crippen LogP contribution in [0.5, 0.6) is 0 Å². The van der Waals surface area contributed by atoms with Crippen LogP contribution in [0.1, 0.15) is 20.7 Å². The Labute approximate surface area is 111 Å². The lowest BCUT2D eigenvalue weighted by Crippen LogP contribution is -2.33. The molecule has 102 valence electrons. The highest BCUT2D eigenvalue weighted by Crippen LogP contribution is 2.22. The number of nitrogens with one attached hydrogen (secondary N) is 1. The number of rotatable bonds is 7. The Hall–Kier alpha value is -1.76. The number of hydrogen-bond donors (Lipinski definition) is 1. The summed E-state index contributed by atoms with van der Waals surface area (Å²) in [7, 11) is 1.62. The van der Waals surface area contributed by atoms with Crippen LogP contribution >= 0.6 is 0 Å². The first-order valence-corrected chi connectivity index (χ1v) is 6.06. The van der Waals surface area contributed by atoms with Crippen LogP contribution in [0.4, 0.5) is 0 Å². The molecule has 0 fully saturated rings. The average Bonchev–Trinajstić information content (AvgIpc) is 2.68. The summed E-state index contributed by atoms with van der Waals surface area (Å²) in [4.78, 5) is 29.0. The molecule has 0 atom stereocenters. The molecule has 2 rings (SSSR count). The summed E-state index contributed by atoms with van der Waals surface area (Å²) in [6, 6.07) is 6.69. The number of methoxy groups -OCH3 is 1. The monoisotopic (exact) mass is 264 g/mol. The third-order valence-corrected chi connectivity index (χ3v) is 2.74. The zero-order chi connectivity index (χ0) is 13.7. The van der Waals surface area contributed by atoms with Gasteiger partial charge in [-0.1, -0.05) is 12.1 Å². The number of carbonyl (C=O) groups excluding carboxylic acids is 2. The minimum Gasteiger partial charge on any atom is -0.383 e. The summed E-state index contributed by atoms with van der Waals surface area (Å²) < 4.78 is 4.88. The van der Waals surface area contributed by atoms with Gasteiger partial charge in [-0.05, 0) is 12.1 Å². The van der Waals surface area contributed by atoms with Gasteiger partial charge < -0.3 is 10.1 Å². The first kappa shape index (κ1) is 13.7. The van der Waals surface area contributed by atoms with Crippen LogP contribution in [0, 0.1) is 0 Å². The zero-order valence-corrected chi connectivity index (χ0v) is 10.7. The molecule has 0 unspecified atom stereocenters. The maximum Gasteiger partial charge on any atom is 0.285 e. The molecule has 19 heavy (non-hydrogen) atoms. The van der Waals surface area contributed by atoms with E-state index < -0.39 is 11.8 Å². The van der Waals surface area contributed by atoms with Crippen molar-refractivity contribution >= 4 is 11.8 Å². The van der Waals surface area contributed by atoms with Crippen LogP contribution in [-0.2, 0) is 9.57 Å². The first-order chi connectivity index (χ1) is 9.25. The van der Waals surface area contributed by atoms with Crippen molar-refractivity contribution in [3.8, 4) is 0 Å². The quantitative estimate of drug-likeness (QED) is 0.572. The fourth-order valence-corrected chi connectivity index (χ4v) is 1.79. The molecule has 6 nitrogen and oxygen atoms in total. The third-order valence-electron chi connectivity index (χ3n) is 2.74. The summed E-state index contributed by atoms with van der Waals surface area (Å²) in [6.07, 6.45) is 0. The Bertz CT molecular complexity index is 440. The van der Waals surface area contributed by atoms with Crippen molar-refractivity contribution in [1.29, 1.82) is 0 Å². The number of nitrogens with zero attached hydrogens (tertiary/aromatic N) is 1. The van der Waals surface area contributed by atoms with E-state index in [2.05, 4.69) is 5.32 Å². The molecule has 1 N–H and O–H groups in total. The van der Waals surface area contributed by atoms with Gasteiger partial charge in [-0.2, -0.15) is 0 Å². The van der Waals surface area contributed by atoms with E-state index in [1.165, 1.54) is 0 Å². The Morgan fingerprint density at radius 1 is 1.05 bits per heavy atom. The largest absolute Gasteiger partial charge is 0.383 e. The van der Waals surface area contributed by atoms with Gasteiger partial charge >= 0.3 is 0 Å². The molecule has 0 aliphatic carbocycles. The van der Waals surface area contributed by atoms with Crippen molar-refractivity contribution in [2.24, 2.45) is 0 Å². The molecular weight excluding hydrogens is 248 g/mol. The Morgan fingerprint density at radius 3 is 2.21 bits per heavy atom. The van der Waals surface area contributed by atoms with Crippen molar-refractivity contribution in [1.82, 2.24) is 10.4 Å². The predicted molar refractivity (Wildman–Crippen MR) is 67.6 cm³/mol. The van der Waals surface area contributed by atoms with E-state index in [0.717, 1.165) is 5.06 Å². The van der Waals surface area contributed by atoms with Crippen molar-refractivity contribution in [3.63, 3.8) is 0 Å². The van der Waals surface area contributed by atoms with Crippen molar-refractivity contribution < 1.29 is 19.2 Å². The van der Waals surface area contributed by atoms with Crippen molar-refractivity contribution in [2.45, 2.75) is 0 Å². The summed E-state index contributed by atoms with van der Waals surface area (Å²) >= 11 is 0. The zero-order valence-electron chi connectivity index (χ0n) is 10.7. The molecule has 0 bridgehead atoms. The van der Waals surface area contributed by atoms with E-state index in [9.17, 15) is 9.59 Å². The molecular formula is C13H16N2O4. The highest BCUT2D eigenvalue weighted by molar-refractivity contribution is 6.20. The molecule has 1 heterocycles. The number of ether oxygens (including phenoxy) is 1. The van der Waals surface area contributed by atoms with Gasteiger partial charge in [0.1, 0.15) is 0 Å². The topological polar surface area (TPSA) is 67.9 Å². The molecule has 0 aromatic heterocycles. The van der Waals surface area contributed by atoms with E-state index in [4.69, 9.17) is 9.57 Å². The van der Waals surface area contributed by atoms with Crippen LogP contribution in [0.3, 0.4) is 0 Å². The average molecular weight is 264 g/mol. The van der Waals surface area contributed by atoms with Gasteiger partial charge in [-0.15, -0.1) is 5.06 Å². The number of benzene rings is 1. The smallest absolute Gasteiger partial charge is 0.285 e. The van der Waals surface area contributed by atoms with E-state index in [0.29, 0.717) is 30.8 Å². The van der Waals surface area contributed by atoms with Crippen LogP contribution in [0.15, 0.2) is 24.3 Å². The molecule has 1 aliphatic rings. The highest BCUT2D eigenvalue weighted by Gasteiger charge is 2.36. The van der Waals surface area contributed by atoms with E-state index in [1.807, 2.05) is 0 Å². The molecule has 0 saturated heterocycles. The lowest BCUT2D eigenvalue weighted by molar-refractivity contribution is -0.0898. The number of hydrogen-bond acceptors (Lipinski definition) is 5. The lowest BCUT2D eigenvalue weighted by atomic mass is 10.1. The van der Waals surface area contributed by atoms with Gasteiger partial charge in [0, 0.05) is 20.2 Å². The van der Waals surface area contributed by atoms with E-state index in [1.54, 1.807) is 31.4 Å². The SMILES string of the molecule is COCCNCCON1C(=O)c2ccccc2C1=O. The predicted octanol–water partition coefficient (Wildman–Crippen LogP) is 0.450. The van der Waals surface area contributed by atoms with Gasteiger partial charge in [0.25, 0.3) is 11.8 Å². The van der Waals surface area contributed by atoms with Crippen LogP contribution < -0.4 is 5.32 Å². The summed E-state index contributed by atoms with van der Waals surface area (Å²) in [5, 5.41) is 3.88. The van der Waals surface area contributed by atoms with Gasteiger partial charge in [-0.25, -0.2) is 0 Å². The fraction of sp³-hybridized carbons (Fsp3) is 0.385. The van der Waals surface area contributed by atoms with Crippen molar-refractivity contribution in [2.75, 3.05) is 33.4 Å². The van der Waals surface area contributed by atoms with E-state index >= 15 is 0 Å². The lowest BCUT2D eigenvalue weighted by Gasteiger charge is -2.13. The Balaban J connectivity index is 1.83. The minimum atomic E-state index is -0.405. The highest BCUT2D eigenvalue weighted by atomic mass is 16.7. The summed E-state index contributed by atoms with van der Waals surface area (Å²) in [6.45, 7) is 2.08. The summed E-state index contributed by atoms with van der Waals surface area (Å²) in [5.41, 5.74) is 0.777. The van der Waals surface area contributed by atoms with Gasteiger partial charge in [0.15, 0.2) is 0 Å². The molecule has 0 spiro atoms. The van der Waals surface area contributed by atoms with Gasteiger partial charge in [0.2, 0.25) is 0 Å². The number of fused-ring (bicyclic) bond motifs is 1. The Kier molecular flexibility index (Phi) is 4.62. The molecule has 2 amide bonds. The van der Waals surface area contributed by atoms with Crippen molar-refractivity contribution in [3.05, 3.63) is 35.4 Å². The van der Waals surface area contributed by atoms with Crippen LogP contribution in [-0.4, -0.2) is 50.3 Å². The van der Waals surface area contributed by atoms with Gasteiger partial charge in [0.05, 0.1) is 24.3 Å². The molecule has 1 aromatic rings. The standard InChI is InChI=1S/C13H16N2O4/c1-18-8-6-14-7-9-19-15-12(16)10-4-2-3-5-11(10)13(15)17/h2-5,14H,6-9H2,1H3. The number of amides is 2. The number of hydroxylamine groups is 2. The molecule has 0 saturated carbocycles. The maximum absolute atomic E-state index is 11.9. The molecule has 1 aromatic carbocycles. The minimum absolute atomic E-state index is 0.245. The number of carbonyl (C=O) groups is 2. The second-order valence-corrected chi connectivity index (χ2v) is 4.03. The van der Waals surface area contributed by atoms with E-state index in [-0.39, 0.29) is 6.61 Å².